The Hall–Kier alpha value is -0.530. The Balaban J connectivity index is 3.33. The topological polar surface area (TPSA) is 26.3 Å². The highest BCUT2D eigenvalue weighted by Crippen LogP contribution is 2.20. The summed E-state index contributed by atoms with van der Waals surface area (Å²) >= 11 is 0. The number of carbonyl (C=O) groups is 1. The molecule has 22 heavy (non-hydrogen) atoms. The van der Waals surface area contributed by atoms with Crippen molar-refractivity contribution in [2.45, 2.75) is 111 Å². The van der Waals surface area contributed by atoms with Gasteiger partial charge in [-0.05, 0) is 18.8 Å². The minimum atomic E-state index is -0.151. The second-order valence-electron chi connectivity index (χ2n) is 6.73. The fraction of sp³-hybridized carbons (Fsp3) is 0.950. The van der Waals surface area contributed by atoms with Crippen molar-refractivity contribution in [3.63, 3.8) is 0 Å². The van der Waals surface area contributed by atoms with Crippen LogP contribution in [0.5, 0.6) is 0 Å². The predicted octanol–water partition coefficient (Wildman–Crippen LogP) is 6.67. The number of rotatable bonds is 16. The van der Waals surface area contributed by atoms with Crippen LogP contribution < -0.4 is 0 Å². The highest BCUT2D eigenvalue weighted by molar-refractivity contribution is 5.65. The van der Waals surface area contributed by atoms with E-state index in [0.29, 0.717) is 6.61 Å². The van der Waals surface area contributed by atoms with Crippen molar-refractivity contribution in [3.8, 4) is 0 Å². The number of carbonyl (C=O) groups excluding carboxylic acids is 1. The van der Waals surface area contributed by atoms with Crippen LogP contribution in [0.2, 0.25) is 0 Å². The van der Waals surface area contributed by atoms with E-state index in [0.717, 1.165) is 12.3 Å². The molecule has 0 heterocycles. The molecule has 0 aliphatic carbocycles. The van der Waals surface area contributed by atoms with Gasteiger partial charge in [-0.25, -0.2) is 0 Å². The van der Waals surface area contributed by atoms with Crippen molar-refractivity contribution in [3.05, 3.63) is 0 Å². The van der Waals surface area contributed by atoms with E-state index in [1.165, 1.54) is 90.4 Å². The number of esters is 1. The fourth-order valence-corrected chi connectivity index (χ4v) is 3.05. The summed E-state index contributed by atoms with van der Waals surface area (Å²) in [5.41, 5.74) is 0. The summed E-state index contributed by atoms with van der Waals surface area (Å²) in [4.78, 5) is 10.7. The third-order valence-electron chi connectivity index (χ3n) is 4.61. The van der Waals surface area contributed by atoms with Gasteiger partial charge in [0.15, 0.2) is 0 Å². The van der Waals surface area contributed by atoms with E-state index in [4.69, 9.17) is 4.74 Å². The lowest BCUT2D eigenvalue weighted by Gasteiger charge is -2.14. The monoisotopic (exact) mass is 312 g/mol. The van der Waals surface area contributed by atoms with Crippen LogP contribution in [0.4, 0.5) is 0 Å². The zero-order chi connectivity index (χ0) is 16.5. The van der Waals surface area contributed by atoms with E-state index in [1.54, 1.807) is 0 Å². The molecule has 1 unspecified atom stereocenters. The van der Waals surface area contributed by atoms with Crippen molar-refractivity contribution in [1.82, 2.24) is 0 Å². The second-order valence-corrected chi connectivity index (χ2v) is 6.73. The lowest BCUT2D eigenvalue weighted by atomic mass is 9.93. The molecule has 2 heteroatoms. The number of ether oxygens (including phenoxy) is 1. The van der Waals surface area contributed by atoms with Crippen LogP contribution in [0, 0.1) is 5.92 Å². The molecule has 0 aromatic heterocycles. The van der Waals surface area contributed by atoms with E-state index >= 15 is 0 Å². The molecule has 0 spiro atoms. The molecule has 0 aromatic carbocycles. The number of unbranched alkanes of at least 4 members (excludes halogenated alkanes) is 9. The van der Waals surface area contributed by atoms with E-state index in [1.807, 2.05) is 0 Å². The van der Waals surface area contributed by atoms with Crippen molar-refractivity contribution >= 4 is 5.97 Å². The molecule has 0 saturated carbocycles. The Morgan fingerprint density at radius 2 is 1.27 bits per heavy atom. The molecule has 0 radical (unpaired) electrons. The standard InChI is InChI=1S/C20H40O2/c1-4-6-7-8-9-10-11-12-13-16-20(5-2)17-14-15-18-22-19(3)21/h20H,4-18H2,1-3H3. The zero-order valence-corrected chi connectivity index (χ0v) is 15.5. The summed E-state index contributed by atoms with van der Waals surface area (Å²) in [6.45, 7) is 6.67. The van der Waals surface area contributed by atoms with E-state index in [2.05, 4.69) is 13.8 Å². The van der Waals surface area contributed by atoms with Gasteiger partial charge in [0.05, 0.1) is 6.61 Å². The third kappa shape index (κ3) is 15.9. The summed E-state index contributed by atoms with van der Waals surface area (Å²) in [5.74, 6) is 0.726. The first-order chi connectivity index (χ1) is 10.7. The average molecular weight is 313 g/mol. The summed E-state index contributed by atoms with van der Waals surface area (Å²) in [5, 5.41) is 0. The molecule has 2 nitrogen and oxygen atoms in total. The van der Waals surface area contributed by atoms with Gasteiger partial charge < -0.3 is 4.74 Å². The highest BCUT2D eigenvalue weighted by Gasteiger charge is 2.06. The summed E-state index contributed by atoms with van der Waals surface area (Å²) < 4.78 is 4.98. The van der Waals surface area contributed by atoms with Gasteiger partial charge in [0, 0.05) is 6.92 Å². The van der Waals surface area contributed by atoms with Crippen LogP contribution in [-0.2, 0) is 9.53 Å². The Morgan fingerprint density at radius 1 is 0.773 bits per heavy atom. The maximum Gasteiger partial charge on any atom is 0.302 e. The minimum Gasteiger partial charge on any atom is -0.466 e. The molecule has 0 rings (SSSR count). The predicted molar refractivity (Wildman–Crippen MR) is 96.1 cm³/mol. The molecule has 0 amide bonds. The Labute approximate surface area is 139 Å². The first kappa shape index (κ1) is 21.5. The molecule has 0 bridgehead atoms. The maximum atomic E-state index is 10.7. The summed E-state index contributed by atoms with van der Waals surface area (Å²) in [7, 11) is 0. The molecule has 0 aliphatic rings. The summed E-state index contributed by atoms with van der Waals surface area (Å²) in [6, 6.07) is 0. The first-order valence-corrected chi connectivity index (χ1v) is 9.84. The van der Waals surface area contributed by atoms with Crippen LogP contribution in [0.1, 0.15) is 111 Å². The van der Waals surface area contributed by atoms with Gasteiger partial charge in [0.2, 0.25) is 0 Å². The molecule has 1 atom stereocenters. The van der Waals surface area contributed by atoms with E-state index in [9.17, 15) is 4.79 Å². The smallest absolute Gasteiger partial charge is 0.302 e. The van der Waals surface area contributed by atoms with Crippen LogP contribution in [-0.4, -0.2) is 12.6 Å². The Morgan fingerprint density at radius 3 is 1.77 bits per heavy atom. The van der Waals surface area contributed by atoms with Crippen LogP contribution in [0.15, 0.2) is 0 Å². The minimum absolute atomic E-state index is 0.151. The maximum absolute atomic E-state index is 10.7. The molecule has 0 aromatic rings. The normalized spacial score (nSPS) is 12.3. The van der Waals surface area contributed by atoms with Gasteiger partial charge in [-0.1, -0.05) is 90.9 Å². The Bertz CT molecular complexity index is 238. The largest absolute Gasteiger partial charge is 0.466 e. The SMILES string of the molecule is CCCCCCCCCCCC(CC)CCCCOC(C)=O. The molecule has 0 saturated heterocycles. The highest BCUT2D eigenvalue weighted by atomic mass is 16.5. The van der Waals surface area contributed by atoms with Crippen molar-refractivity contribution < 1.29 is 9.53 Å². The van der Waals surface area contributed by atoms with Gasteiger partial charge in [-0.15, -0.1) is 0 Å². The Kier molecular flexibility index (Phi) is 16.4. The molecule has 0 N–H and O–H groups in total. The molecular weight excluding hydrogens is 272 g/mol. The van der Waals surface area contributed by atoms with Gasteiger partial charge >= 0.3 is 5.97 Å². The van der Waals surface area contributed by atoms with Crippen molar-refractivity contribution in [2.24, 2.45) is 5.92 Å². The second kappa shape index (κ2) is 16.8. The molecule has 0 fully saturated rings. The van der Waals surface area contributed by atoms with Gasteiger partial charge in [0.25, 0.3) is 0 Å². The van der Waals surface area contributed by atoms with Crippen molar-refractivity contribution in [1.29, 1.82) is 0 Å². The van der Waals surface area contributed by atoms with Gasteiger partial charge in [-0.3, -0.25) is 4.79 Å². The lowest BCUT2D eigenvalue weighted by Crippen LogP contribution is -2.03. The lowest BCUT2D eigenvalue weighted by molar-refractivity contribution is -0.141. The first-order valence-electron chi connectivity index (χ1n) is 9.84. The van der Waals surface area contributed by atoms with Crippen molar-refractivity contribution in [2.75, 3.05) is 6.61 Å². The van der Waals surface area contributed by atoms with E-state index in [-0.39, 0.29) is 5.97 Å². The third-order valence-corrected chi connectivity index (χ3v) is 4.61. The van der Waals surface area contributed by atoms with Gasteiger partial charge in [0.1, 0.15) is 0 Å². The molecular formula is C20H40O2. The molecule has 132 valence electrons. The quantitative estimate of drug-likeness (QED) is 0.235. The van der Waals surface area contributed by atoms with Crippen LogP contribution in [0.25, 0.3) is 0 Å². The molecule has 0 aliphatic heterocycles. The summed E-state index contributed by atoms with van der Waals surface area (Å²) in [6.07, 6.45) is 18.9. The van der Waals surface area contributed by atoms with Gasteiger partial charge in [-0.2, -0.15) is 0 Å². The fourth-order valence-electron chi connectivity index (χ4n) is 3.05. The van der Waals surface area contributed by atoms with E-state index < -0.39 is 0 Å². The van der Waals surface area contributed by atoms with Crippen LogP contribution >= 0.6 is 0 Å². The number of hydrogen-bond donors (Lipinski definition) is 0. The van der Waals surface area contributed by atoms with Crippen LogP contribution in [0.3, 0.4) is 0 Å². The average Bonchev–Trinajstić information content (AvgIpc) is 2.50. The number of hydrogen-bond acceptors (Lipinski definition) is 2. The zero-order valence-electron chi connectivity index (χ0n) is 15.5.